The molecule has 1 atom stereocenters. The third-order valence-electron chi connectivity index (χ3n) is 0.977. The molecule has 0 aromatic rings. The van der Waals surface area contributed by atoms with Crippen LogP contribution in [-0.4, -0.2) is 19.1 Å². The maximum Gasteiger partial charge on any atom is 0.244 e. The first-order valence-corrected chi connectivity index (χ1v) is 2.81. The Labute approximate surface area is 67.3 Å². The average molecular weight is 165 g/mol. The van der Waals surface area contributed by atoms with Gasteiger partial charge in [-0.25, -0.2) is 0 Å². The highest BCUT2D eigenvalue weighted by Gasteiger charge is 1.97. The van der Waals surface area contributed by atoms with Crippen molar-refractivity contribution in [2.75, 3.05) is 7.05 Å². The molecule has 0 aliphatic carbocycles. The highest BCUT2D eigenvalue weighted by molar-refractivity contribution is 5.86. The van der Waals surface area contributed by atoms with Crippen LogP contribution >= 0.6 is 12.4 Å². The smallest absolute Gasteiger partial charge is 0.244 e. The topological polar surface area (TPSA) is 41.1 Å². The van der Waals surface area contributed by atoms with E-state index in [9.17, 15) is 4.79 Å². The minimum absolute atomic E-state index is 0. The molecule has 1 unspecified atom stereocenters. The zero-order valence-electron chi connectivity index (χ0n) is 6.18. The summed E-state index contributed by atoms with van der Waals surface area (Å²) in [6.45, 7) is 5.16. The third kappa shape index (κ3) is 5.59. The molecule has 0 saturated carbocycles. The molecule has 60 valence electrons. The van der Waals surface area contributed by atoms with E-state index in [1.165, 1.54) is 6.08 Å². The van der Waals surface area contributed by atoms with Gasteiger partial charge in [0.15, 0.2) is 0 Å². The Hall–Kier alpha value is -0.540. The van der Waals surface area contributed by atoms with Crippen LogP contribution in [0, 0.1) is 0 Å². The van der Waals surface area contributed by atoms with Crippen LogP contribution in [0.15, 0.2) is 12.7 Å². The van der Waals surface area contributed by atoms with E-state index in [0.29, 0.717) is 0 Å². The molecule has 10 heavy (non-hydrogen) atoms. The lowest BCUT2D eigenvalue weighted by atomic mass is 10.5. The molecule has 0 fully saturated rings. The van der Waals surface area contributed by atoms with Crippen molar-refractivity contribution in [1.29, 1.82) is 0 Å². The molecule has 0 radical (unpaired) electrons. The van der Waals surface area contributed by atoms with Crippen molar-refractivity contribution in [2.45, 2.75) is 13.1 Å². The largest absolute Gasteiger partial charge is 0.338 e. The SMILES string of the molecule is C=CC(=O)NC(C)NC.Cl. The average Bonchev–Trinajstić information content (AvgIpc) is 1.87. The van der Waals surface area contributed by atoms with Crippen LogP contribution in [0.4, 0.5) is 0 Å². The van der Waals surface area contributed by atoms with Gasteiger partial charge >= 0.3 is 0 Å². The fourth-order valence-corrected chi connectivity index (χ4v) is 0.344. The van der Waals surface area contributed by atoms with Gasteiger partial charge in [-0.15, -0.1) is 12.4 Å². The van der Waals surface area contributed by atoms with Gasteiger partial charge < -0.3 is 10.6 Å². The second kappa shape index (κ2) is 6.58. The lowest BCUT2D eigenvalue weighted by Gasteiger charge is -2.09. The molecule has 2 N–H and O–H groups in total. The van der Waals surface area contributed by atoms with E-state index in [1.807, 2.05) is 6.92 Å². The summed E-state index contributed by atoms with van der Waals surface area (Å²) in [6.07, 6.45) is 1.25. The van der Waals surface area contributed by atoms with E-state index in [1.54, 1.807) is 7.05 Å². The predicted octanol–water partition coefficient (Wildman–Crippen LogP) is 0.276. The van der Waals surface area contributed by atoms with Crippen LogP contribution in [0.5, 0.6) is 0 Å². The number of amides is 1. The van der Waals surface area contributed by atoms with E-state index >= 15 is 0 Å². The van der Waals surface area contributed by atoms with Crippen LogP contribution in [-0.2, 0) is 4.79 Å². The Morgan fingerprint density at radius 3 is 2.50 bits per heavy atom. The standard InChI is InChI=1S/C6H12N2O.ClH/c1-4-6(9)8-5(2)7-3;/h4-5,7H,1H2,2-3H3,(H,8,9);1H. The fraction of sp³-hybridized carbons (Fsp3) is 0.500. The molecule has 1 amide bonds. The maximum absolute atomic E-state index is 10.5. The van der Waals surface area contributed by atoms with Crippen molar-refractivity contribution >= 4 is 18.3 Å². The molecule has 0 bridgehead atoms. The molecule has 0 heterocycles. The van der Waals surface area contributed by atoms with Gasteiger partial charge in [0.05, 0.1) is 6.17 Å². The number of hydrogen-bond donors (Lipinski definition) is 2. The Morgan fingerprint density at radius 1 is 1.70 bits per heavy atom. The molecule has 3 nitrogen and oxygen atoms in total. The summed E-state index contributed by atoms with van der Waals surface area (Å²) < 4.78 is 0. The Morgan fingerprint density at radius 2 is 2.20 bits per heavy atom. The number of halogens is 1. The summed E-state index contributed by atoms with van der Waals surface area (Å²) >= 11 is 0. The van der Waals surface area contributed by atoms with Gasteiger partial charge in [-0.3, -0.25) is 4.79 Å². The molecule has 0 saturated heterocycles. The van der Waals surface area contributed by atoms with Gasteiger partial charge in [-0.05, 0) is 20.0 Å². The van der Waals surface area contributed by atoms with Gasteiger partial charge in [0.2, 0.25) is 5.91 Å². The normalized spacial score (nSPS) is 11.0. The summed E-state index contributed by atoms with van der Waals surface area (Å²) in [4.78, 5) is 10.5. The van der Waals surface area contributed by atoms with Gasteiger partial charge in [-0.2, -0.15) is 0 Å². The van der Waals surface area contributed by atoms with Gasteiger partial charge in [-0.1, -0.05) is 6.58 Å². The summed E-state index contributed by atoms with van der Waals surface area (Å²) in [5, 5.41) is 5.46. The molecular formula is C6H13ClN2O. The quantitative estimate of drug-likeness (QED) is 0.465. The zero-order chi connectivity index (χ0) is 7.28. The first-order valence-electron chi connectivity index (χ1n) is 2.81. The van der Waals surface area contributed by atoms with E-state index in [0.717, 1.165) is 0 Å². The minimum atomic E-state index is -0.156. The third-order valence-corrected chi connectivity index (χ3v) is 0.977. The monoisotopic (exact) mass is 164 g/mol. The number of carbonyl (C=O) groups is 1. The van der Waals surface area contributed by atoms with Crippen LogP contribution < -0.4 is 10.6 Å². The van der Waals surface area contributed by atoms with Gasteiger partial charge in [0, 0.05) is 0 Å². The molecule has 0 aromatic heterocycles. The minimum Gasteiger partial charge on any atom is -0.338 e. The van der Waals surface area contributed by atoms with Crippen molar-refractivity contribution in [2.24, 2.45) is 0 Å². The van der Waals surface area contributed by atoms with E-state index in [2.05, 4.69) is 17.2 Å². The highest BCUT2D eigenvalue weighted by Crippen LogP contribution is 1.72. The highest BCUT2D eigenvalue weighted by atomic mass is 35.5. The van der Waals surface area contributed by atoms with E-state index < -0.39 is 0 Å². The van der Waals surface area contributed by atoms with Crippen LogP contribution in [0.2, 0.25) is 0 Å². The van der Waals surface area contributed by atoms with Crippen LogP contribution in [0.1, 0.15) is 6.92 Å². The number of carbonyl (C=O) groups excluding carboxylic acids is 1. The Kier molecular flexibility index (Phi) is 8.00. The summed E-state index contributed by atoms with van der Waals surface area (Å²) in [7, 11) is 1.77. The van der Waals surface area contributed by atoms with Crippen molar-refractivity contribution in [1.82, 2.24) is 10.6 Å². The molecule has 0 rings (SSSR count). The van der Waals surface area contributed by atoms with Crippen LogP contribution in [0.3, 0.4) is 0 Å². The number of rotatable bonds is 3. The Bertz CT molecular complexity index is 116. The summed E-state index contributed by atoms with van der Waals surface area (Å²) in [6, 6.07) is 0. The molecule has 0 aromatic carbocycles. The first-order chi connectivity index (χ1) is 4.20. The molecule has 0 aliphatic rings. The maximum atomic E-state index is 10.5. The molecule has 0 aliphatic heterocycles. The van der Waals surface area contributed by atoms with Crippen molar-refractivity contribution in [3.63, 3.8) is 0 Å². The lowest BCUT2D eigenvalue weighted by molar-refractivity contribution is -0.117. The second-order valence-electron chi connectivity index (χ2n) is 1.72. The Balaban J connectivity index is 0. The van der Waals surface area contributed by atoms with Crippen LogP contribution in [0.25, 0.3) is 0 Å². The number of nitrogens with one attached hydrogen (secondary N) is 2. The van der Waals surface area contributed by atoms with Gasteiger partial charge in [0.1, 0.15) is 0 Å². The van der Waals surface area contributed by atoms with Crippen molar-refractivity contribution in [3.8, 4) is 0 Å². The first kappa shape index (κ1) is 12.2. The van der Waals surface area contributed by atoms with Gasteiger partial charge in [0.25, 0.3) is 0 Å². The summed E-state index contributed by atoms with van der Waals surface area (Å²) in [5.74, 6) is -0.156. The fourth-order valence-electron chi connectivity index (χ4n) is 0.344. The molecular weight excluding hydrogens is 152 g/mol. The number of hydrogen-bond acceptors (Lipinski definition) is 2. The second-order valence-corrected chi connectivity index (χ2v) is 1.72. The predicted molar refractivity (Wildman–Crippen MR) is 44.1 cm³/mol. The van der Waals surface area contributed by atoms with Crippen molar-refractivity contribution < 1.29 is 4.79 Å². The van der Waals surface area contributed by atoms with E-state index in [4.69, 9.17) is 0 Å². The van der Waals surface area contributed by atoms with E-state index in [-0.39, 0.29) is 24.5 Å². The van der Waals surface area contributed by atoms with Crippen molar-refractivity contribution in [3.05, 3.63) is 12.7 Å². The lowest BCUT2D eigenvalue weighted by Crippen LogP contribution is -2.40. The molecule has 0 spiro atoms. The summed E-state index contributed by atoms with van der Waals surface area (Å²) in [5.41, 5.74) is 0. The molecule has 4 heteroatoms. The zero-order valence-corrected chi connectivity index (χ0v) is 6.99.